The zero-order valence-corrected chi connectivity index (χ0v) is 21.3. The van der Waals surface area contributed by atoms with Crippen LogP contribution in [0, 0.1) is 0 Å². The Morgan fingerprint density at radius 2 is 1.81 bits per heavy atom. The lowest BCUT2D eigenvalue weighted by Gasteiger charge is -2.26. The Morgan fingerprint density at radius 1 is 1.06 bits per heavy atom. The highest BCUT2D eigenvalue weighted by Gasteiger charge is 2.17. The Bertz CT molecular complexity index is 1220. The molecule has 1 aromatic heterocycles. The Balaban J connectivity index is 1.60. The number of ether oxygens (including phenoxy) is 3. The third-order valence-corrected chi connectivity index (χ3v) is 6.43. The monoisotopic (exact) mass is 513 g/mol. The molecule has 192 valence electrons. The van der Waals surface area contributed by atoms with Gasteiger partial charge in [-0.25, -0.2) is 0 Å². The molecule has 0 atom stereocenters. The fourth-order valence-corrected chi connectivity index (χ4v) is 4.32. The highest BCUT2D eigenvalue weighted by molar-refractivity contribution is 6.30. The molecule has 8 nitrogen and oxygen atoms in total. The van der Waals surface area contributed by atoms with Crippen LogP contribution in [-0.4, -0.2) is 68.6 Å². The van der Waals surface area contributed by atoms with Crippen LogP contribution in [0.15, 0.2) is 53.5 Å². The summed E-state index contributed by atoms with van der Waals surface area (Å²) in [5, 5.41) is 4.02. The third-order valence-electron chi connectivity index (χ3n) is 6.17. The second-order valence-electron chi connectivity index (χ2n) is 8.72. The van der Waals surface area contributed by atoms with Gasteiger partial charge in [0.1, 0.15) is 5.56 Å². The molecule has 4 rings (SSSR count). The first-order valence-electron chi connectivity index (χ1n) is 12.1. The second-order valence-corrected chi connectivity index (χ2v) is 9.16. The zero-order chi connectivity index (χ0) is 25.3. The van der Waals surface area contributed by atoms with Crippen molar-refractivity contribution >= 4 is 28.4 Å². The molecule has 9 heteroatoms. The molecule has 1 fully saturated rings. The van der Waals surface area contributed by atoms with Crippen LogP contribution in [0.5, 0.6) is 0 Å². The van der Waals surface area contributed by atoms with E-state index in [0.29, 0.717) is 56.5 Å². The number of carbonyl (C=O) groups is 1. The molecule has 2 heterocycles. The van der Waals surface area contributed by atoms with Crippen LogP contribution in [-0.2, 0) is 33.8 Å². The van der Waals surface area contributed by atoms with Gasteiger partial charge in [-0.05, 0) is 35.4 Å². The predicted octanol–water partition coefficient (Wildman–Crippen LogP) is 3.08. The van der Waals surface area contributed by atoms with E-state index in [1.807, 2.05) is 34.9 Å². The van der Waals surface area contributed by atoms with Gasteiger partial charge in [0.2, 0.25) is 5.43 Å². The smallest absolute Gasteiger partial charge is 0.257 e. The summed E-state index contributed by atoms with van der Waals surface area (Å²) in [6, 6.07) is 13.1. The quantitative estimate of drug-likeness (QED) is 0.397. The minimum absolute atomic E-state index is 0.108. The van der Waals surface area contributed by atoms with Crippen molar-refractivity contribution in [3.05, 3.63) is 80.6 Å². The Hall–Kier alpha value is -2.75. The third kappa shape index (κ3) is 6.93. The first-order valence-corrected chi connectivity index (χ1v) is 12.5. The average molecular weight is 514 g/mol. The number of rotatable bonds is 11. The van der Waals surface area contributed by atoms with E-state index in [9.17, 15) is 9.59 Å². The molecule has 0 saturated carbocycles. The molecule has 36 heavy (non-hydrogen) atoms. The van der Waals surface area contributed by atoms with Crippen LogP contribution >= 0.6 is 11.6 Å². The summed E-state index contributed by atoms with van der Waals surface area (Å²) in [7, 11) is 1.63. The summed E-state index contributed by atoms with van der Waals surface area (Å²) in [6.07, 6.45) is 1.63. The highest BCUT2D eigenvalue weighted by Crippen LogP contribution is 2.17. The number of hydrogen-bond acceptors (Lipinski definition) is 6. The summed E-state index contributed by atoms with van der Waals surface area (Å²) in [6.45, 7) is 6.08. The normalized spacial score (nSPS) is 14.3. The van der Waals surface area contributed by atoms with Crippen molar-refractivity contribution in [3.63, 3.8) is 0 Å². The van der Waals surface area contributed by atoms with Crippen LogP contribution < -0.4 is 10.7 Å². The zero-order valence-electron chi connectivity index (χ0n) is 20.5. The number of fused-ring (bicyclic) bond motifs is 1. The minimum Gasteiger partial charge on any atom is -0.382 e. The number of benzene rings is 2. The molecule has 1 saturated heterocycles. The minimum atomic E-state index is -0.413. The van der Waals surface area contributed by atoms with E-state index in [0.717, 1.165) is 36.3 Å². The van der Waals surface area contributed by atoms with E-state index in [2.05, 4.69) is 10.2 Å². The number of amides is 1. The van der Waals surface area contributed by atoms with Crippen molar-refractivity contribution in [2.75, 3.05) is 53.2 Å². The number of nitrogens with one attached hydrogen (secondary N) is 1. The number of halogens is 1. The van der Waals surface area contributed by atoms with Crippen molar-refractivity contribution in [3.8, 4) is 0 Å². The topological polar surface area (TPSA) is 82.0 Å². The first-order chi connectivity index (χ1) is 17.5. The van der Waals surface area contributed by atoms with Crippen LogP contribution in [0.3, 0.4) is 0 Å². The van der Waals surface area contributed by atoms with E-state index in [1.165, 1.54) is 0 Å². The van der Waals surface area contributed by atoms with Gasteiger partial charge in [0, 0.05) is 56.4 Å². The number of aromatic nitrogens is 1. The number of pyridine rings is 1. The second kappa shape index (κ2) is 13.0. The van der Waals surface area contributed by atoms with E-state index < -0.39 is 5.91 Å². The van der Waals surface area contributed by atoms with Gasteiger partial charge in [0.15, 0.2) is 0 Å². The lowest BCUT2D eigenvalue weighted by molar-refractivity contribution is 0.0342. The number of carbonyl (C=O) groups excluding carboxylic acids is 1. The fourth-order valence-electron chi connectivity index (χ4n) is 4.19. The van der Waals surface area contributed by atoms with Crippen molar-refractivity contribution < 1.29 is 19.0 Å². The van der Waals surface area contributed by atoms with Crippen LogP contribution in [0.1, 0.15) is 21.5 Å². The van der Waals surface area contributed by atoms with Gasteiger partial charge in [-0.15, -0.1) is 0 Å². The summed E-state index contributed by atoms with van der Waals surface area (Å²) in [4.78, 5) is 28.9. The summed E-state index contributed by atoms with van der Waals surface area (Å²) < 4.78 is 18.0. The molecule has 1 N–H and O–H groups in total. The molecule has 1 aliphatic rings. The maximum atomic E-state index is 13.5. The van der Waals surface area contributed by atoms with Gasteiger partial charge in [-0.1, -0.05) is 29.8 Å². The van der Waals surface area contributed by atoms with E-state index in [4.69, 9.17) is 25.8 Å². The molecule has 0 bridgehead atoms. The summed E-state index contributed by atoms with van der Waals surface area (Å²) in [5.74, 6) is -0.413. The van der Waals surface area contributed by atoms with Crippen molar-refractivity contribution in [1.29, 1.82) is 0 Å². The highest BCUT2D eigenvalue weighted by atomic mass is 35.5. The van der Waals surface area contributed by atoms with Gasteiger partial charge in [0.25, 0.3) is 5.91 Å². The van der Waals surface area contributed by atoms with Gasteiger partial charge < -0.3 is 24.1 Å². The molecular formula is C27H32ClN3O5. The predicted molar refractivity (Wildman–Crippen MR) is 140 cm³/mol. The molecule has 0 radical (unpaired) electrons. The maximum Gasteiger partial charge on any atom is 0.257 e. The molecule has 1 aliphatic heterocycles. The molecular weight excluding hydrogens is 482 g/mol. The van der Waals surface area contributed by atoms with Crippen LogP contribution in [0.4, 0.5) is 0 Å². The lowest BCUT2D eigenvalue weighted by atomic mass is 10.1. The summed E-state index contributed by atoms with van der Waals surface area (Å²) >= 11 is 5.95. The lowest BCUT2D eigenvalue weighted by Crippen LogP contribution is -2.35. The molecule has 3 aromatic rings. The van der Waals surface area contributed by atoms with Crippen molar-refractivity contribution in [2.45, 2.75) is 19.6 Å². The molecule has 1 amide bonds. The van der Waals surface area contributed by atoms with E-state index >= 15 is 0 Å². The van der Waals surface area contributed by atoms with E-state index in [-0.39, 0.29) is 11.0 Å². The fraction of sp³-hybridized carbons (Fsp3) is 0.407. The molecule has 2 aromatic carbocycles. The number of hydrogen-bond donors (Lipinski definition) is 1. The average Bonchev–Trinajstić information content (AvgIpc) is 2.90. The standard InChI is InChI=1S/C27H32ClN3O5/c1-34-14-15-36-13-10-31-19-24(27(33)29-17-20-2-5-22(28)6-3-20)26(32)23-16-21(4-7-25(23)31)18-30-8-11-35-12-9-30/h2-7,16,19H,8-15,17-18H2,1H3,(H,29,33). The van der Waals surface area contributed by atoms with Gasteiger partial charge in [0.05, 0.1) is 38.6 Å². The molecule has 0 unspecified atom stereocenters. The Kier molecular flexibility index (Phi) is 9.49. The Labute approximate surface area is 215 Å². The Morgan fingerprint density at radius 3 is 2.56 bits per heavy atom. The number of methoxy groups -OCH3 is 1. The van der Waals surface area contributed by atoms with Crippen molar-refractivity contribution in [1.82, 2.24) is 14.8 Å². The largest absolute Gasteiger partial charge is 0.382 e. The van der Waals surface area contributed by atoms with Gasteiger partial charge in [-0.2, -0.15) is 0 Å². The summed E-state index contributed by atoms with van der Waals surface area (Å²) in [5.41, 5.74) is 2.53. The molecule has 0 spiro atoms. The van der Waals surface area contributed by atoms with Crippen LogP contribution in [0.25, 0.3) is 10.9 Å². The van der Waals surface area contributed by atoms with Gasteiger partial charge >= 0.3 is 0 Å². The van der Waals surface area contributed by atoms with Gasteiger partial charge in [-0.3, -0.25) is 14.5 Å². The number of morpholine rings is 1. The van der Waals surface area contributed by atoms with E-state index in [1.54, 1.807) is 25.4 Å². The van der Waals surface area contributed by atoms with Crippen LogP contribution in [0.2, 0.25) is 5.02 Å². The number of nitrogens with zero attached hydrogens (tertiary/aromatic N) is 2. The molecule has 0 aliphatic carbocycles. The first kappa shape index (κ1) is 26.3. The SMILES string of the molecule is COCCOCCn1cc(C(=O)NCc2ccc(Cl)cc2)c(=O)c2cc(CN3CCOCC3)ccc21. The van der Waals surface area contributed by atoms with Crippen molar-refractivity contribution in [2.24, 2.45) is 0 Å². The maximum absolute atomic E-state index is 13.5.